The molecule has 0 aliphatic heterocycles. The Balaban J connectivity index is 1.22. The van der Waals surface area contributed by atoms with Gasteiger partial charge in [0.25, 0.3) is 0 Å². The van der Waals surface area contributed by atoms with Crippen LogP contribution in [0.4, 0.5) is 0 Å². The number of carbonyl (C=O) groups is 1. The standard InChI is InChI=1S/C31H28O/c1-21-7-9-23(10-8-21)16-24-11-13-26-17-25(19-28(26)18-24)12-14-31(32)29-15-22(2)30-6-4-3-5-27(30)20-29/h3-11,13,15,17-20,28,30H,2,12,14,16H2,1H3. The van der Waals surface area contributed by atoms with Crippen LogP contribution < -0.4 is 0 Å². The van der Waals surface area contributed by atoms with Gasteiger partial charge in [-0.05, 0) is 59.8 Å². The number of hydrogen-bond acceptors (Lipinski definition) is 1. The molecule has 0 fully saturated rings. The van der Waals surface area contributed by atoms with Crippen molar-refractivity contribution in [1.82, 2.24) is 0 Å². The molecular formula is C31H28O. The topological polar surface area (TPSA) is 17.1 Å². The lowest BCUT2D eigenvalue weighted by Crippen LogP contribution is -2.12. The zero-order chi connectivity index (χ0) is 22.1. The summed E-state index contributed by atoms with van der Waals surface area (Å²) in [7, 11) is 0. The summed E-state index contributed by atoms with van der Waals surface area (Å²) < 4.78 is 0. The Morgan fingerprint density at radius 2 is 1.72 bits per heavy atom. The molecule has 1 nitrogen and oxygen atoms in total. The molecule has 158 valence electrons. The van der Waals surface area contributed by atoms with Gasteiger partial charge in [0, 0.05) is 23.8 Å². The maximum Gasteiger partial charge on any atom is 0.163 e. The molecule has 0 saturated carbocycles. The monoisotopic (exact) mass is 416 g/mol. The van der Waals surface area contributed by atoms with Gasteiger partial charge in [0.1, 0.15) is 0 Å². The Morgan fingerprint density at radius 3 is 2.56 bits per heavy atom. The molecule has 0 N–H and O–H groups in total. The van der Waals surface area contributed by atoms with Crippen LogP contribution in [0.2, 0.25) is 0 Å². The van der Waals surface area contributed by atoms with Gasteiger partial charge in [0.2, 0.25) is 0 Å². The van der Waals surface area contributed by atoms with Crippen molar-refractivity contribution in [2.45, 2.75) is 26.2 Å². The van der Waals surface area contributed by atoms with E-state index in [4.69, 9.17) is 0 Å². The lowest BCUT2D eigenvalue weighted by atomic mass is 9.81. The van der Waals surface area contributed by atoms with Gasteiger partial charge in [0.15, 0.2) is 5.78 Å². The first-order valence-electron chi connectivity index (χ1n) is 11.4. The van der Waals surface area contributed by atoms with Crippen LogP contribution in [-0.2, 0) is 11.2 Å². The minimum absolute atomic E-state index is 0.195. The fourth-order valence-electron chi connectivity index (χ4n) is 4.80. The Morgan fingerprint density at radius 1 is 0.906 bits per heavy atom. The maximum absolute atomic E-state index is 12.9. The second-order valence-electron chi connectivity index (χ2n) is 9.11. The summed E-state index contributed by atoms with van der Waals surface area (Å²) in [5.74, 6) is 0.747. The van der Waals surface area contributed by atoms with E-state index in [1.165, 1.54) is 27.8 Å². The van der Waals surface area contributed by atoms with Crippen LogP contribution in [0.5, 0.6) is 0 Å². The van der Waals surface area contributed by atoms with Gasteiger partial charge >= 0.3 is 0 Å². The molecule has 0 saturated heterocycles. The average Bonchev–Trinajstić information content (AvgIpc) is 3.21. The molecule has 2 unspecified atom stereocenters. The Hall–Kier alpha value is -3.45. The van der Waals surface area contributed by atoms with Crippen LogP contribution in [0.3, 0.4) is 0 Å². The van der Waals surface area contributed by atoms with Gasteiger partial charge < -0.3 is 0 Å². The van der Waals surface area contributed by atoms with Crippen molar-refractivity contribution >= 4 is 5.78 Å². The van der Waals surface area contributed by atoms with Gasteiger partial charge in [-0.1, -0.05) is 96.7 Å². The number of allylic oxidation sites excluding steroid dienone is 17. The van der Waals surface area contributed by atoms with Gasteiger partial charge in [0.05, 0.1) is 0 Å². The Labute approximate surface area is 190 Å². The first-order valence-corrected chi connectivity index (χ1v) is 11.4. The lowest BCUT2D eigenvalue weighted by molar-refractivity contribution is -0.115. The smallest absolute Gasteiger partial charge is 0.163 e. The Bertz CT molecular complexity index is 1220. The number of carbonyl (C=O) groups excluding carboxylic acids is 1. The highest BCUT2D eigenvalue weighted by Crippen LogP contribution is 2.35. The average molecular weight is 417 g/mol. The predicted molar refractivity (Wildman–Crippen MR) is 133 cm³/mol. The second-order valence-corrected chi connectivity index (χ2v) is 9.11. The van der Waals surface area contributed by atoms with Gasteiger partial charge in [-0.15, -0.1) is 0 Å². The summed E-state index contributed by atoms with van der Waals surface area (Å²) in [6, 6.07) is 8.77. The molecule has 1 heteroatoms. The van der Waals surface area contributed by atoms with E-state index in [0.717, 1.165) is 29.6 Å². The van der Waals surface area contributed by atoms with E-state index in [1.54, 1.807) is 0 Å². The first-order chi connectivity index (χ1) is 15.5. The number of rotatable bonds is 6. The van der Waals surface area contributed by atoms with E-state index in [2.05, 4.69) is 80.3 Å². The highest BCUT2D eigenvalue weighted by Gasteiger charge is 2.23. The molecule has 32 heavy (non-hydrogen) atoms. The number of ketones is 1. The van der Waals surface area contributed by atoms with Crippen molar-refractivity contribution in [3.63, 3.8) is 0 Å². The van der Waals surface area contributed by atoms with E-state index in [1.807, 2.05) is 24.3 Å². The Kier molecular flexibility index (Phi) is 5.49. The fraction of sp³-hybridized carbons (Fsp3) is 0.194. The number of hydrogen-bond donors (Lipinski definition) is 0. The molecular weight excluding hydrogens is 388 g/mol. The SMILES string of the molecule is C=C1C=C(C(=O)CCC2=CC3C=C(Cc4ccc(C)cc4)C=CC3=C2)C=C2C=CC=CC12. The third-order valence-electron chi connectivity index (χ3n) is 6.63. The van der Waals surface area contributed by atoms with E-state index in [-0.39, 0.29) is 11.7 Å². The minimum Gasteiger partial charge on any atom is -0.294 e. The van der Waals surface area contributed by atoms with Crippen molar-refractivity contribution in [2.75, 3.05) is 0 Å². The van der Waals surface area contributed by atoms with Gasteiger partial charge in [-0.25, -0.2) is 0 Å². The van der Waals surface area contributed by atoms with Crippen LogP contribution >= 0.6 is 0 Å². The summed E-state index contributed by atoms with van der Waals surface area (Å²) in [5.41, 5.74) is 9.52. The lowest BCUT2D eigenvalue weighted by Gasteiger charge is -2.22. The van der Waals surface area contributed by atoms with Crippen LogP contribution in [0.15, 0.2) is 131 Å². The second kappa shape index (κ2) is 8.59. The summed E-state index contributed by atoms with van der Waals surface area (Å²) >= 11 is 0. The molecule has 2 atom stereocenters. The van der Waals surface area contributed by atoms with Crippen molar-refractivity contribution in [3.05, 3.63) is 142 Å². The molecule has 4 aliphatic carbocycles. The molecule has 1 aromatic carbocycles. The highest BCUT2D eigenvalue weighted by molar-refractivity contribution is 5.99. The molecule has 0 aromatic heterocycles. The van der Waals surface area contributed by atoms with E-state index < -0.39 is 0 Å². The maximum atomic E-state index is 12.9. The summed E-state index contributed by atoms with van der Waals surface area (Å²) in [6.45, 7) is 6.29. The minimum atomic E-state index is 0.195. The van der Waals surface area contributed by atoms with Crippen molar-refractivity contribution in [1.29, 1.82) is 0 Å². The highest BCUT2D eigenvalue weighted by atomic mass is 16.1. The first kappa shape index (κ1) is 20.5. The molecule has 0 radical (unpaired) electrons. The fourth-order valence-corrected chi connectivity index (χ4v) is 4.80. The number of Topliss-reactive ketones (excluding diaryl/α,β-unsaturated/α-hetero) is 1. The van der Waals surface area contributed by atoms with Crippen LogP contribution in [0, 0.1) is 18.8 Å². The van der Waals surface area contributed by atoms with Crippen molar-refractivity contribution in [2.24, 2.45) is 11.8 Å². The van der Waals surface area contributed by atoms with Crippen LogP contribution in [0.25, 0.3) is 0 Å². The predicted octanol–water partition coefficient (Wildman–Crippen LogP) is 7.03. The molecule has 1 aromatic rings. The molecule has 0 bridgehead atoms. The zero-order valence-electron chi connectivity index (χ0n) is 18.6. The summed E-state index contributed by atoms with van der Waals surface area (Å²) in [6.07, 6.45) is 25.9. The van der Waals surface area contributed by atoms with E-state index in [0.29, 0.717) is 12.3 Å². The molecule has 4 aliphatic rings. The van der Waals surface area contributed by atoms with Crippen LogP contribution in [-0.4, -0.2) is 5.78 Å². The molecule has 0 heterocycles. The normalized spacial score (nSPS) is 23.0. The third-order valence-corrected chi connectivity index (χ3v) is 6.63. The summed E-state index contributed by atoms with van der Waals surface area (Å²) in [5, 5.41) is 0. The number of fused-ring (bicyclic) bond motifs is 2. The van der Waals surface area contributed by atoms with E-state index >= 15 is 0 Å². The van der Waals surface area contributed by atoms with Crippen molar-refractivity contribution < 1.29 is 4.79 Å². The van der Waals surface area contributed by atoms with Crippen LogP contribution in [0.1, 0.15) is 24.0 Å². The molecule has 0 amide bonds. The number of benzene rings is 1. The molecule has 0 spiro atoms. The molecule has 5 rings (SSSR count). The van der Waals surface area contributed by atoms with E-state index in [9.17, 15) is 4.79 Å². The summed E-state index contributed by atoms with van der Waals surface area (Å²) in [4.78, 5) is 12.9. The quantitative estimate of drug-likeness (QED) is 0.486. The zero-order valence-corrected chi connectivity index (χ0v) is 18.6. The largest absolute Gasteiger partial charge is 0.294 e. The van der Waals surface area contributed by atoms with Crippen molar-refractivity contribution in [3.8, 4) is 0 Å². The third kappa shape index (κ3) is 4.29. The van der Waals surface area contributed by atoms with Gasteiger partial charge in [-0.3, -0.25) is 4.79 Å². The van der Waals surface area contributed by atoms with Gasteiger partial charge in [-0.2, -0.15) is 0 Å². The number of aryl methyl sites for hydroxylation is 1.